The van der Waals surface area contributed by atoms with Crippen molar-refractivity contribution in [3.63, 3.8) is 0 Å². The largest absolute Gasteiger partial charge is 0.392 e. The third kappa shape index (κ3) is 7.08. The molecule has 0 saturated carbocycles. The summed E-state index contributed by atoms with van der Waals surface area (Å²) >= 11 is 0. The van der Waals surface area contributed by atoms with Gasteiger partial charge >= 0.3 is 0 Å². The maximum absolute atomic E-state index is 9.81. The number of nitrogens with one attached hydrogen (secondary N) is 1. The van der Waals surface area contributed by atoms with E-state index in [9.17, 15) is 5.11 Å². The van der Waals surface area contributed by atoms with Gasteiger partial charge in [0.1, 0.15) is 0 Å². The molecule has 0 aliphatic heterocycles. The lowest BCUT2D eigenvalue weighted by atomic mass is 9.89. The van der Waals surface area contributed by atoms with Crippen LogP contribution in [0.25, 0.3) is 0 Å². The first-order valence-corrected chi connectivity index (χ1v) is 6.25. The zero-order valence-corrected chi connectivity index (χ0v) is 11.1. The van der Waals surface area contributed by atoms with Gasteiger partial charge in [0.25, 0.3) is 0 Å². The standard InChI is InChI=1S/C14H24N2O/c1-14(2,3)10-13(17)11-16-9-6-12-4-7-15-8-5-12/h4-5,7-8,13,16-17H,6,9-11H2,1-3H3. The maximum Gasteiger partial charge on any atom is 0.0669 e. The van der Waals surface area contributed by atoms with Crippen LogP contribution in [0.2, 0.25) is 0 Å². The Hall–Kier alpha value is -0.930. The van der Waals surface area contributed by atoms with Gasteiger partial charge < -0.3 is 10.4 Å². The second kappa shape index (κ2) is 6.72. The van der Waals surface area contributed by atoms with Gasteiger partial charge in [0.05, 0.1) is 6.10 Å². The number of aliphatic hydroxyl groups excluding tert-OH is 1. The van der Waals surface area contributed by atoms with Crippen molar-refractivity contribution in [1.29, 1.82) is 0 Å². The Kier molecular flexibility index (Phi) is 5.59. The molecule has 1 unspecified atom stereocenters. The average Bonchev–Trinajstić information content (AvgIpc) is 2.23. The lowest BCUT2D eigenvalue weighted by Crippen LogP contribution is -2.31. The van der Waals surface area contributed by atoms with Gasteiger partial charge in [-0.3, -0.25) is 4.98 Å². The molecular formula is C14H24N2O. The number of hydrogen-bond donors (Lipinski definition) is 2. The summed E-state index contributed by atoms with van der Waals surface area (Å²) in [6.07, 6.45) is 5.17. The molecule has 2 N–H and O–H groups in total. The van der Waals surface area contributed by atoms with E-state index in [2.05, 4.69) is 31.1 Å². The topological polar surface area (TPSA) is 45.1 Å². The summed E-state index contributed by atoms with van der Waals surface area (Å²) in [5.41, 5.74) is 1.46. The predicted molar refractivity (Wildman–Crippen MR) is 70.9 cm³/mol. The fraction of sp³-hybridized carbons (Fsp3) is 0.643. The Morgan fingerprint density at radius 1 is 1.29 bits per heavy atom. The van der Waals surface area contributed by atoms with Crippen molar-refractivity contribution < 1.29 is 5.11 Å². The first kappa shape index (κ1) is 14.1. The van der Waals surface area contributed by atoms with Crippen LogP contribution in [-0.4, -0.2) is 29.3 Å². The summed E-state index contributed by atoms with van der Waals surface area (Å²) in [5, 5.41) is 13.1. The Morgan fingerprint density at radius 3 is 2.53 bits per heavy atom. The molecule has 0 aliphatic rings. The zero-order chi connectivity index (χ0) is 12.7. The van der Waals surface area contributed by atoms with Gasteiger partial charge in [0, 0.05) is 18.9 Å². The minimum atomic E-state index is -0.257. The van der Waals surface area contributed by atoms with Crippen molar-refractivity contribution in [3.8, 4) is 0 Å². The van der Waals surface area contributed by atoms with Crippen molar-refractivity contribution >= 4 is 0 Å². The second-order valence-electron chi connectivity index (χ2n) is 5.73. The zero-order valence-electron chi connectivity index (χ0n) is 11.1. The molecule has 0 amide bonds. The summed E-state index contributed by atoms with van der Waals surface area (Å²) in [5.74, 6) is 0. The third-order valence-corrected chi connectivity index (χ3v) is 2.57. The van der Waals surface area contributed by atoms with Crippen LogP contribution in [0, 0.1) is 5.41 Å². The molecule has 1 atom stereocenters. The van der Waals surface area contributed by atoms with Crippen molar-refractivity contribution in [1.82, 2.24) is 10.3 Å². The van der Waals surface area contributed by atoms with E-state index in [1.54, 1.807) is 0 Å². The van der Waals surface area contributed by atoms with Crippen LogP contribution >= 0.6 is 0 Å². The number of pyridine rings is 1. The molecule has 1 aromatic rings. The molecule has 96 valence electrons. The monoisotopic (exact) mass is 236 g/mol. The number of aromatic nitrogens is 1. The average molecular weight is 236 g/mol. The number of rotatable bonds is 6. The lowest BCUT2D eigenvalue weighted by Gasteiger charge is -2.22. The fourth-order valence-corrected chi connectivity index (χ4v) is 1.83. The van der Waals surface area contributed by atoms with Gasteiger partial charge in [-0.1, -0.05) is 20.8 Å². The number of hydrogen-bond acceptors (Lipinski definition) is 3. The van der Waals surface area contributed by atoms with Crippen LogP contribution < -0.4 is 5.32 Å². The molecule has 0 radical (unpaired) electrons. The third-order valence-electron chi connectivity index (χ3n) is 2.57. The van der Waals surface area contributed by atoms with E-state index in [1.807, 2.05) is 24.5 Å². The summed E-state index contributed by atoms with van der Waals surface area (Å²) in [6.45, 7) is 8.00. The van der Waals surface area contributed by atoms with Gasteiger partial charge in [-0.2, -0.15) is 0 Å². The van der Waals surface area contributed by atoms with Gasteiger partial charge in [-0.15, -0.1) is 0 Å². The van der Waals surface area contributed by atoms with Crippen LogP contribution in [0.4, 0.5) is 0 Å². The highest BCUT2D eigenvalue weighted by Crippen LogP contribution is 2.20. The van der Waals surface area contributed by atoms with E-state index < -0.39 is 0 Å². The molecular weight excluding hydrogens is 212 g/mol. The minimum Gasteiger partial charge on any atom is -0.392 e. The molecule has 0 saturated heterocycles. The van der Waals surface area contributed by atoms with Crippen molar-refractivity contribution in [2.45, 2.75) is 39.7 Å². The normalized spacial score (nSPS) is 13.6. The van der Waals surface area contributed by atoms with Crippen LogP contribution in [0.1, 0.15) is 32.8 Å². The van der Waals surface area contributed by atoms with Crippen molar-refractivity contribution in [2.24, 2.45) is 5.41 Å². The lowest BCUT2D eigenvalue weighted by molar-refractivity contribution is 0.120. The van der Waals surface area contributed by atoms with Crippen molar-refractivity contribution in [2.75, 3.05) is 13.1 Å². The van der Waals surface area contributed by atoms with Crippen LogP contribution in [0.3, 0.4) is 0 Å². The highest BCUT2D eigenvalue weighted by Gasteiger charge is 2.15. The van der Waals surface area contributed by atoms with Gasteiger partial charge in [0.2, 0.25) is 0 Å². The number of aliphatic hydroxyl groups is 1. The molecule has 1 rings (SSSR count). The SMILES string of the molecule is CC(C)(C)CC(O)CNCCc1ccncc1. The van der Waals surface area contributed by atoms with Gasteiger partial charge in [-0.25, -0.2) is 0 Å². The van der Waals surface area contributed by atoms with Crippen molar-refractivity contribution in [3.05, 3.63) is 30.1 Å². The highest BCUT2D eigenvalue weighted by molar-refractivity contribution is 5.09. The molecule has 3 nitrogen and oxygen atoms in total. The van der Waals surface area contributed by atoms with Gasteiger partial charge in [-0.05, 0) is 42.5 Å². The van der Waals surface area contributed by atoms with E-state index in [4.69, 9.17) is 0 Å². The first-order valence-electron chi connectivity index (χ1n) is 6.25. The van der Waals surface area contributed by atoms with Gasteiger partial charge in [0.15, 0.2) is 0 Å². The van der Waals surface area contributed by atoms with E-state index in [1.165, 1.54) is 5.56 Å². The summed E-state index contributed by atoms with van der Waals surface area (Å²) < 4.78 is 0. The van der Waals surface area contributed by atoms with E-state index >= 15 is 0 Å². The Morgan fingerprint density at radius 2 is 1.94 bits per heavy atom. The maximum atomic E-state index is 9.81. The molecule has 0 bridgehead atoms. The Labute approximate surface area is 104 Å². The van der Waals surface area contributed by atoms with E-state index in [0.717, 1.165) is 19.4 Å². The molecule has 1 aromatic heterocycles. The minimum absolute atomic E-state index is 0.187. The summed E-state index contributed by atoms with van der Waals surface area (Å²) in [7, 11) is 0. The highest BCUT2D eigenvalue weighted by atomic mass is 16.3. The fourth-order valence-electron chi connectivity index (χ4n) is 1.83. The molecule has 17 heavy (non-hydrogen) atoms. The summed E-state index contributed by atoms with van der Waals surface area (Å²) in [4.78, 5) is 3.98. The molecule has 0 aliphatic carbocycles. The molecule has 0 aromatic carbocycles. The molecule has 0 fully saturated rings. The first-order chi connectivity index (χ1) is 7.97. The summed E-state index contributed by atoms with van der Waals surface area (Å²) in [6, 6.07) is 4.04. The predicted octanol–water partition coefficient (Wildman–Crippen LogP) is 2.01. The van der Waals surface area contributed by atoms with E-state index in [0.29, 0.717) is 6.54 Å². The van der Waals surface area contributed by atoms with E-state index in [-0.39, 0.29) is 11.5 Å². The van der Waals surface area contributed by atoms with Crippen LogP contribution in [-0.2, 0) is 6.42 Å². The molecule has 1 heterocycles. The molecule has 3 heteroatoms. The molecule has 0 spiro atoms. The number of nitrogens with zero attached hydrogens (tertiary/aromatic N) is 1. The second-order valence-corrected chi connectivity index (χ2v) is 5.73. The quantitative estimate of drug-likeness (QED) is 0.743. The Bertz CT molecular complexity index is 306. The Balaban J connectivity index is 2.12. The van der Waals surface area contributed by atoms with Crippen LogP contribution in [0.15, 0.2) is 24.5 Å². The smallest absolute Gasteiger partial charge is 0.0669 e. The van der Waals surface area contributed by atoms with Crippen LogP contribution in [0.5, 0.6) is 0 Å².